The normalized spacial score (nSPS) is 6.80. The third kappa shape index (κ3) is 5.05. The lowest BCUT2D eigenvalue weighted by atomic mass is 10.4. The van der Waals surface area contributed by atoms with E-state index in [4.69, 9.17) is 0 Å². The van der Waals surface area contributed by atoms with Gasteiger partial charge in [0, 0.05) is 0 Å². The highest BCUT2D eigenvalue weighted by Crippen LogP contribution is 1.78. The van der Waals surface area contributed by atoms with E-state index in [1.54, 1.807) is 0 Å². The second kappa shape index (κ2) is 5.05. The van der Waals surface area contributed by atoms with Gasteiger partial charge in [-0.15, -0.1) is 31.5 Å². The maximum Gasteiger partial charge on any atom is 0.337 e. The first-order chi connectivity index (χ1) is 2.41. The zero-order valence-corrected chi connectivity index (χ0v) is 5.75. The van der Waals surface area contributed by atoms with Crippen molar-refractivity contribution in [2.45, 2.75) is 0 Å². The highest BCUT2D eigenvalue weighted by Gasteiger charge is 1.76. The summed E-state index contributed by atoms with van der Waals surface area (Å²) >= 11 is 6.11. The highest BCUT2D eigenvalue weighted by molar-refractivity contribution is 9.24. The Labute approximate surface area is 49.0 Å². The fourth-order valence-corrected chi connectivity index (χ4v) is 0.787. The lowest BCUT2D eigenvalue weighted by molar-refractivity contribution is 0.681. The van der Waals surface area contributed by atoms with Crippen LogP contribution >= 0.6 is 31.5 Å². The topological polar surface area (TPSA) is 9.23 Å². The van der Waals surface area contributed by atoms with Gasteiger partial charge >= 0.3 is 12.6 Å². The molecule has 0 amide bonds. The van der Waals surface area contributed by atoms with Gasteiger partial charge in [0.1, 0.15) is 0 Å². The van der Waals surface area contributed by atoms with Crippen molar-refractivity contribution in [1.82, 2.24) is 0 Å². The summed E-state index contributed by atoms with van der Waals surface area (Å²) in [6.45, 7) is 0. The average Bonchev–Trinajstić information content (AvgIpc) is 1.41. The van der Waals surface area contributed by atoms with Crippen molar-refractivity contribution in [3.05, 3.63) is 0 Å². The molecule has 0 unspecified atom stereocenters. The Bertz CT molecular complexity index is 15.1. The van der Waals surface area contributed by atoms with Gasteiger partial charge in [0.05, 0.1) is 0 Å². The van der Waals surface area contributed by atoms with Crippen molar-refractivity contribution >= 4 is 44.1 Å². The average molecular weight is 199 g/mol. The molecule has 5 heavy (non-hydrogen) atoms. The first-order valence-corrected chi connectivity index (χ1v) is 3.35. The molecule has 0 bridgehead atoms. The van der Waals surface area contributed by atoms with Crippen LogP contribution in [-0.2, 0) is 4.57 Å². The van der Waals surface area contributed by atoms with Crippen molar-refractivity contribution in [1.29, 1.82) is 0 Å². The van der Waals surface area contributed by atoms with E-state index in [1.165, 1.54) is 0 Å². The van der Waals surface area contributed by atoms with Gasteiger partial charge in [-0.2, -0.15) is 0 Å². The number of hydrogen-bond donors (Lipinski definition) is 0. The summed E-state index contributed by atoms with van der Waals surface area (Å²) in [5.74, 6) is 0. The predicted octanol–water partition coefficient (Wildman–Crippen LogP) is 0.326. The lowest BCUT2D eigenvalue weighted by Gasteiger charge is -1.79. The molecule has 0 aliphatic heterocycles. The van der Waals surface area contributed by atoms with E-state index in [1.807, 2.05) is 0 Å². The minimum absolute atomic E-state index is 0.609. The van der Waals surface area contributed by atoms with Crippen LogP contribution in [0.2, 0.25) is 0 Å². The predicted molar refractivity (Wildman–Crippen MR) is 33.2 cm³/mol. The van der Waals surface area contributed by atoms with Crippen LogP contribution in [0.1, 0.15) is 0 Å². The molecule has 0 aromatic rings. The Kier molecular flexibility index (Phi) is 6.11. The van der Waals surface area contributed by atoms with E-state index in [-0.39, 0.29) is 0 Å². The van der Waals surface area contributed by atoms with Gasteiger partial charge in [-0.3, -0.25) is 0 Å². The minimum atomic E-state index is 0.609. The summed E-state index contributed by atoms with van der Waals surface area (Å²) < 4.78 is 4.67. The molecule has 0 aliphatic carbocycles. The molecule has 0 radical (unpaired) electrons. The van der Waals surface area contributed by atoms with Crippen molar-refractivity contribution in [2.24, 2.45) is 0 Å². The van der Waals surface area contributed by atoms with Gasteiger partial charge in [-0.05, 0) is 0 Å². The molecule has 0 fully saturated rings. The van der Waals surface area contributed by atoms with Crippen molar-refractivity contribution < 1.29 is 4.57 Å². The van der Waals surface area contributed by atoms with Gasteiger partial charge in [0.2, 0.25) is 0 Å². The van der Waals surface area contributed by atoms with Crippen LogP contribution < -0.4 is 0 Å². The minimum Gasteiger partial charge on any atom is -0.486 e. The number of halogens is 2. The van der Waals surface area contributed by atoms with Gasteiger partial charge in [0.15, 0.2) is 0 Å². The van der Waals surface area contributed by atoms with Crippen LogP contribution in [0.15, 0.2) is 0 Å². The maximum absolute atomic E-state index is 4.67. The van der Waals surface area contributed by atoms with Gasteiger partial charge < -0.3 is 4.57 Å². The van der Waals surface area contributed by atoms with Crippen LogP contribution in [-0.4, -0.2) is 12.6 Å². The van der Waals surface area contributed by atoms with Gasteiger partial charge in [0.25, 0.3) is 0 Å². The third-order valence-electron chi connectivity index (χ3n) is 0.154. The Morgan fingerprint density at radius 2 is 1.60 bits per heavy atom. The quantitative estimate of drug-likeness (QED) is 0.582. The maximum atomic E-state index is 4.67. The molecule has 0 aliphatic rings. The van der Waals surface area contributed by atoms with Crippen molar-refractivity contribution in [2.75, 3.05) is 0 Å². The van der Waals surface area contributed by atoms with E-state index in [0.717, 1.165) is 0 Å². The summed E-state index contributed by atoms with van der Waals surface area (Å²) in [5.41, 5.74) is 0. The van der Waals surface area contributed by atoms with Crippen molar-refractivity contribution in [3.63, 3.8) is 0 Å². The fraction of sp³-hybridized carbons (Fsp3) is 0. The third-order valence-corrected chi connectivity index (χ3v) is 0.802. The van der Waals surface area contributed by atoms with Crippen LogP contribution in [0.25, 0.3) is 0 Å². The van der Waals surface area contributed by atoms with Gasteiger partial charge in [-0.1, -0.05) is 0 Å². The summed E-state index contributed by atoms with van der Waals surface area (Å²) in [6.07, 6.45) is 1.22. The molecule has 0 heterocycles. The Morgan fingerprint density at radius 3 is 1.60 bits per heavy atom. The zero-order chi connectivity index (χ0) is 4.12. The summed E-state index contributed by atoms with van der Waals surface area (Å²) in [4.78, 5) is 0. The number of hydrogen-bond acceptors (Lipinski definition) is 1. The highest BCUT2D eigenvalue weighted by atomic mass is 79.9. The van der Waals surface area contributed by atoms with Crippen molar-refractivity contribution in [3.8, 4) is 0 Å². The van der Waals surface area contributed by atoms with Crippen LogP contribution in [0.4, 0.5) is 0 Å². The Hall–Kier alpha value is 1.05. The molecule has 5 heteroatoms. The van der Waals surface area contributed by atoms with E-state index in [2.05, 4.69) is 36.1 Å². The fourth-order valence-electron chi connectivity index (χ4n) is 0.0292. The Balaban J connectivity index is 2.19. The molecule has 0 saturated carbocycles. The second-order valence-electron chi connectivity index (χ2n) is 0.422. The largest absolute Gasteiger partial charge is 0.486 e. The molecule has 0 aromatic heterocycles. The van der Waals surface area contributed by atoms with Gasteiger partial charge in [-0.25, -0.2) is 0 Å². The first kappa shape index (κ1) is 6.05. The van der Waals surface area contributed by atoms with E-state index >= 15 is 0 Å². The van der Waals surface area contributed by atoms with E-state index < -0.39 is 0 Å². The van der Waals surface area contributed by atoms with E-state index in [0.29, 0.717) is 12.6 Å². The molecule has 1 nitrogen and oxygen atoms in total. The smallest absolute Gasteiger partial charge is 0.337 e. The summed E-state index contributed by atoms with van der Waals surface area (Å²) in [7, 11) is 0. The summed E-state index contributed by atoms with van der Waals surface area (Å²) in [5, 5.41) is 0. The SMILES string of the molecule is BrBOBBr. The van der Waals surface area contributed by atoms with Crippen LogP contribution in [0.5, 0.6) is 0 Å². The Morgan fingerprint density at radius 1 is 1.20 bits per heavy atom. The molecule has 28 valence electrons. The second-order valence-corrected chi connectivity index (χ2v) is 1.34. The lowest BCUT2D eigenvalue weighted by Crippen LogP contribution is -1.86. The molecule has 0 aromatic carbocycles. The first-order valence-electron chi connectivity index (χ1n) is 1.11. The zero-order valence-electron chi connectivity index (χ0n) is 2.58. The van der Waals surface area contributed by atoms with Crippen LogP contribution in [0.3, 0.4) is 0 Å². The molecule has 0 spiro atoms. The molecule has 0 rings (SSSR count). The monoisotopic (exact) mass is 198 g/mol. The van der Waals surface area contributed by atoms with Crippen LogP contribution in [0, 0.1) is 0 Å². The molecular weight excluding hydrogens is 197 g/mol. The van der Waals surface area contributed by atoms with E-state index in [9.17, 15) is 0 Å². The summed E-state index contributed by atoms with van der Waals surface area (Å²) in [6, 6.07) is 0. The standard InChI is InChI=1S/B2Br2H2O/c3-1-5-2-4/h1-2H. The molecule has 0 N–H and O–H groups in total. The number of rotatable bonds is 2. The molecule has 0 saturated heterocycles. The molecule has 0 atom stereocenters. The molecular formula is H2B2Br2O.